The van der Waals surface area contributed by atoms with Gasteiger partial charge in [-0.05, 0) is 32.4 Å². The second kappa shape index (κ2) is 4.85. The second-order valence-corrected chi connectivity index (χ2v) is 8.41. The van der Waals surface area contributed by atoms with Crippen molar-refractivity contribution in [2.75, 3.05) is 18.6 Å². The Morgan fingerprint density at radius 2 is 2.20 bits per heavy atom. The van der Waals surface area contributed by atoms with Crippen molar-refractivity contribution in [1.29, 1.82) is 0 Å². The number of aliphatic hydroxyl groups is 1. The van der Waals surface area contributed by atoms with Crippen LogP contribution in [0.25, 0.3) is 11.2 Å². The number of fused-ring (bicyclic) bond motifs is 4. The van der Waals surface area contributed by atoms with E-state index >= 15 is 0 Å². The van der Waals surface area contributed by atoms with E-state index in [1.54, 1.807) is 6.33 Å². The van der Waals surface area contributed by atoms with Gasteiger partial charge in [-0.1, -0.05) is 11.8 Å². The Hall–Kier alpha value is -1.42. The summed E-state index contributed by atoms with van der Waals surface area (Å²) in [5, 5.41) is 10.6. The molecular formula is C16H21N5O3S. The average Bonchev–Trinajstić information content (AvgIpc) is 2.85. The smallest absolute Gasteiger partial charge is 0.191 e. The molecule has 0 amide bonds. The minimum atomic E-state index is -0.655. The predicted octanol–water partition coefficient (Wildman–Crippen LogP) is 1.20. The molecule has 5 atom stereocenters. The molecule has 1 saturated heterocycles. The van der Waals surface area contributed by atoms with E-state index in [9.17, 15) is 5.11 Å². The summed E-state index contributed by atoms with van der Waals surface area (Å²) in [6, 6.07) is 0.0212. The Morgan fingerprint density at radius 3 is 2.92 bits per heavy atom. The van der Waals surface area contributed by atoms with Crippen LogP contribution in [0.5, 0.6) is 0 Å². The van der Waals surface area contributed by atoms with Crippen LogP contribution in [0.3, 0.4) is 0 Å². The first-order valence-electron chi connectivity index (χ1n) is 8.41. The summed E-state index contributed by atoms with van der Waals surface area (Å²) in [6.07, 6.45) is 4.36. The molecule has 1 unspecified atom stereocenters. The average molecular weight is 363 g/mol. The highest BCUT2D eigenvalue weighted by Crippen LogP contribution is 2.71. The Bertz CT molecular complexity index is 871. The lowest BCUT2D eigenvalue weighted by Gasteiger charge is -2.24. The molecule has 8 nitrogen and oxygen atoms in total. The first-order chi connectivity index (χ1) is 11.9. The molecule has 5 rings (SSSR count). The molecule has 25 heavy (non-hydrogen) atoms. The molecule has 3 heterocycles. The Morgan fingerprint density at radius 1 is 1.40 bits per heavy atom. The van der Waals surface area contributed by atoms with E-state index in [0.717, 1.165) is 12.1 Å². The summed E-state index contributed by atoms with van der Waals surface area (Å²) < 4.78 is 14.4. The quantitative estimate of drug-likeness (QED) is 0.619. The van der Waals surface area contributed by atoms with E-state index in [4.69, 9.17) is 15.2 Å². The summed E-state index contributed by atoms with van der Waals surface area (Å²) in [5.74, 6) is 0.0173. The monoisotopic (exact) mass is 363 g/mol. The number of nitrogens with zero attached hydrogens (tertiary/aromatic N) is 4. The topological polar surface area (TPSA) is 108 Å². The Balaban J connectivity index is 1.64. The molecule has 3 N–H and O–H groups in total. The lowest BCUT2D eigenvalue weighted by molar-refractivity contribution is -0.163. The van der Waals surface area contributed by atoms with E-state index in [1.807, 2.05) is 24.7 Å². The molecule has 2 aromatic heterocycles. The molecule has 1 aliphatic heterocycles. The van der Waals surface area contributed by atoms with Gasteiger partial charge in [-0.25, -0.2) is 15.0 Å². The van der Waals surface area contributed by atoms with Crippen LogP contribution >= 0.6 is 11.8 Å². The summed E-state index contributed by atoms with van der Waals surface area (Å²) in [5.41, 5.74) is 7.16. The number of thioether (sulfide) groups is 1. The Kier molecular flexibility index (Phi) is 3.06. The molecule has 3 aliphatic rings. The van der Waals surface area contributed by atoms with Crippen LogP contribution in [0.15, 0.2) is 11.5 Å². The molecule has 2 saturated carbocycles. The van der Waals surface area contributed by atoms with Crippen LogP contribution in [0.4, 0.5) is 5.82 Å². The van der Waals surface area contributed by atoms with Crippen molar-refractivity contribution < 1.29 is 14.6 Å². The minimum absolute atomic E-state index is 0.0212. The molecule has 0 aromatic carbocycles. The molecule has 2 aliphatic carbocycles. The van der Waals surface area contributed by atoms with Crippen LogP contribution in [-0.4, -0.2) is 55.5 Å². The number of hydrogen-bond donors (Lipinski definition) is 2. The van der Waals surface area contributed by atoms with Crippen molar-refractivity contribution in [3.05, 3.63) is 6.33 Å². The molecule has 9 heteroatoms. The Labute approximate surface area is 149 Å². The number of aliphatic hydroxyl groups excluding tert-OH is 1. The third kappa shape index (κ3) is 1.98. The van der Waals surface area contributed by atoms with Crippen molar-refractivity contribution in [3.63, 3.8) is 0 Å². The van der Waals surface area contributed by atoms with Gasteiger partial charge in [0.1, 0.15) is 11.6 Å². The predicted molar refractivity (Wildman–Crippen MR) is 92.0 cm³/mol. The van der Waals surface area contributed by atoms with Gasteiger partial charge in [-0.15, -0.1) is 0 Å². The van der Waals surface area contributed by atoms with Gasteiger partial charge in [0, 0.05) is 5.41 Å². The van der Waals surface area contributed by atoms with Gasteiger partial charge in [-0.3, -0.25) is 0 Å². The number of rotatable bonds is 3. The fraction of sp³-hybridized carbons (Fsp3) is 0.688. The lowest BCUT2D eigenvalue weighted by atomic mass is 10.0. The molecular weight excluding hydrogens is 342 g/mol. The molecule has 0 bridgehead atoms. The van der Waals surface area contributed by atoms with Gasteiger partial charge in [-0.2, -0.15) is 0 Å². The largest absolute Gasteiger partial charge is 0.396 e. The van der Waals surface area contributed by atoms with E-state index in [0.29, 0.717) is 16.5 Å². The van der Waals surface area contributed by atoms with E-state index in [1.165, 1.54) is 11.8 Å². The molecule has 134 valence electrons. The highest BCUT2D eigenvalue weighted by atomic mass is 32.2. The SMILES string of the molecule is CSc1nc(N)c2ncn([C@H]3[C@@H]4OC(C)(C)O[C@@H]4C4(CO)C[C@H]34)c2n1. The zero-order valence-electron chi connectivity index (χ0n) is 14.3. The van der Waals surface area contributed by atoms with Gasteiger partial charge in [0.15, 0.2) is 22.4 Å². The van der Waals surface area contributed by atoms with Gasteiger partial charge in [0.2, 0.25) is 0 Å². The van der Waals surface area contributed by atoms with Crippen LogP contribution in [0.2, 0.25) is 0 Å². The first kappa shape index (κ1) is 15.8. The lowest BCUT2D eigenvalue weighted by Crippen LogP contribution is -2.33. The van der Waals surface area contributed by atoms with E-state index in [2.05, 4.69) is 15.0 Å². The van der Waals surface area contributed by atoms with Crippen LogP contribution < -0.4 is 5.73 Å². The zero-order valence-corrected chi connectivity index (χ0v) is 15.2. The third-order valence-electron chi connectivity index (χ3n) is 5.85. The minimum Gasteiger partial charge on any atom is -0.396 e. The highest BCUT2D eigenvalue weighted by Gasteiger charge is 2.75. The number of imidazole rings is 1. The van der Waals surface area contributed by atoms with Gasteiger partial charge in [0.05, 0.1) is 25.1 Å². The number of hydrogen-bond acceptors (Lipinski definition) is 8. The molecule has 0 spiro atoms. The highest BCUT2D eigenvalue weighted by molar-refractivity contribution is 7.98. The molecule has 3 fully saturated rings. The van der Waals surface area contributed by atoms with Gasteiger partial charge < -0.3 is 24.9 Å². The fourth-order valence-electron chi connectivity index (χ4n) is 4.70. The number of anilines is 1. The second-order valence-electron chi connectivity index (χ2n) is 7.63. The third-order valence-corrected chi connectivity index (χ3v) is 6.40. The first-order valence-corrected chi connectivity index (χ1v) is 9.63. The van der Waals surface area contributed by atoms with Crippen molar-refractivity contribution in [3.8, 4) is 0 Å². The van der Waals surface area contributed by atoms with Crippen LogP contribution in [0, 0.1) is 11.3 Å². The van der Waals surface area contributed by atoms with Crippen LogP contribution in [0.1, 0.15) is 26.3 Å². The van der Waals surface area contributed by atoms with Crippen LogP contribution in [-0.2, 0) is 9.47 Å². The number of nitrogens with two attached hydrogens (primary N) is 1. The summed E-state index contributed by atoms with van der Waals surface area (Å²) >= 11 is 1.45. The maximum atomic E-state index is 10.0. The zero-order chi connectivity index (χ0) is 17.6. The number of ether oxygens (including phenoxy) is 2. The standard InChI is InChI=1S/C16H21N5O3S/c1-15(2)23-10-9(7-4-16(7,5-22)11(10)24-15)21-6-18-8-12(17)19-14(25-3)20-13(8)21/h6-7,9-11,22H,4-5H2,1-3H3,(H2,17,19,20)/t7-,9-,10+,11+,16?/m1/s1. The van der Waals surface area contributed by atoms with Crippen molar-refractivity contribution in [1.82, 2.24) is 19.5 Å². The van der Waals surface area contributed by atoms with Crippen molar-refractivity contribution in [2.24, 2.45) is 11.3 Å². The number of aromatic nitrogens is 4. The molecule has 2 aromatic rings. The summed E-state index contributed by atoms with van der Waals surface area (Å²) in [7, 11) is 0. The fourth-order valence-corrected chi connectivity index (χ4v) is 5.07. The van der Waals surface area contributed by atoms with Gasteiger partial charge in [0.25, 0.3) is 0 Å². The maximum Gasteiger partial charge on any atom is 0.191 e. The maximum absolute atomic E-state index is 10.0. The number of nitrogen functional groups attached to an aromatic ring is 1. The van der Waals surface area contributed by atoms with E-state index < -0.39 is 5.79 Å². The molecule has 0 radical (unpaired) electrons. The van der Waals surface area contributed by atoms with Crippen molar-refractivity contribution in [2.45, 2.75) is 49.5 Å². The summed E-state index contributed by atoms with van der Waals surface area (Å²) in [4.78, 5) is 13.3. The normalized spacial score (nSPS) is 38.1. The van der Waals surface area contributed by atoms with Crippen molar-refractivity contribution >= 4 is 28.7 Å². The van der Waals surface area contributed by atoms with Gasteiger partial charge >= 0.3 is 0 Å². The van der Waals surface area contributed by atoms with E-state index in [-0.39, 0.29) is 36.2 Å². The summed E-state index contributed by atoms with van der Waals surface area (Å²) in [6.45, 7) is 3.94.